The summed E-state index contributed by atoms with van der Waals surface area (Å²) in [6, 6.07) is 6.73. The molecule has 0 radical (unpaired) electrons. The molecule has 0 saturated heterocycles. The van der Waals surface area contributed by atoms with Crippen molar-refractivity contribution in [3.05, 3.63) is 34.9 Å². The number of sulfone groups is 1. The number of benzene rings is 1. The van der Waals surface area contributed by atoms with Crippen molar-refractivity contribution in [2.24, 2.45) is 0 Å². The van der Waals surface area contributed by atoms with E-state index in [1.807, 2.05) is 19.0 Å². The van der Waals surface area contributed by atoms with E-state index < -0.39 is 9.84 Å². The van der Waals surface area contributed by atoms with Gasteiger partial charge in [-0.25, -0.2) is 8.42 Å². The van der Waals surface area contributed by atoms with E-state index in [-0.39, 0.29) is 23.8 Å². The van der Waals surface area contributed by atoms with Crippen LogP contribution < -0.4 is 5.32 Å². The molecule has 1 aromatic carbocycles. The minimum Gasteiger partial charge on any atom is -0.355 e. The fraction of sp³-hybridized carbons (Fsp3) is 0.500. The second-order valence-corrected chi connectivity index (χ2v) is 7.75. The minimum absolute atomic E-state index is 0.0175. The molecule has 0 bridgehead atoms. The summed E-state index contributed by atoms with van der Waals surface area (Å²) in [6.07, 6.45) is -0.0175. The Hall–Kier alpha value is -1.11. The highest BCUT2D eigenvalue weighted by Crippen LogP contribution is 2.14. The summed E-state index contributed by atoms with van der Waals surface area (Å²) >= 11 is 5.82. The van der Waals surface area contributed by atoms with E-state index in [0.717, 1.165) is 6.54 Å². The predicted octanol–water partition coefficient (Wildman–Crippen LogP) is 1.32. The second-order valence-electron chi connectivity index (χ2n) is 5.13. The average Bonchev–Trinajstić information content (AvgIpc) is 2.35. The first-order valence-corrected chi connectivity index (χ1v) is 8.85. The van der Waals surface area contributed by atoms with E-state index in [9.17, 15) is 13.2 Å². The van der Waals surface area contributed by atoms with Crippen LogP contribution in [0.3, 0.4) is 0 Å². The predicted molar refractivity (Wildman–Crippen MR) is 85.1 cm³/mol. The SMILES string of the molecule is CN(C)CCNC(=O)CCS(=O)(=O)Cc1cccc(Cl)c1. The summed E-state index contributed by atoms with van der Waals surface area (Å²) in [7, 11) is 0.491. The minimum atomic E-state index is -3.32. The third-order valence-electron chi connectivity index (χ3n) is 2.80. The fourth-order valence-electron chi connectivity index (χ4n) is 1.71. The Labute approximate surface area is 131 Å². The van der Waals surface area contributed by atoms with Crippen molar-refractivity contribution in [3.8, 4) is 0 Å². The molecular weight excluding hydrogens is 312 g/mol. The van der Waals surface area contributed by atoms with Crippen molar-refractivity contribution < 1.29 is 13.2 Å². The molecule has 0 fully saturated rings. The molecule has 1 amide bonds. The van der Waals surface area contributed by atoms with Gasteiger partial charge in [0.25, 0.3) is 0 Å². The standard InChI is InChI=1S/C14H21ClN2O3S/c1-17(2)8-7-16-14(18)6-9-21(19,20)11-12-4-3-5-13(15)10-12/h3-5,10H,6-9,11H2,1-2H3,(H,16,18). The largest absolute Gasteiger partial charge is 0.355 e. The number of nitrogens with one attached hydrogen (secondary N) is 1. The van der Waals surface area contributed by atoms with Crippen molar-refractivity contribution in [3.63, 3.8) is 0 Å². The summed E-state index contributed by atoms with van der Waals surface area (Å²) in [5.74, 6) is -0.502. The van der Waals surface area contributed by atoms with Crippen molar-refractivity contribution in [2.75, 3.05) is 32.9 Å². The van der Waals surface area contributed by atoms with Crippen LogP contribution in [0.1, 0.15) is 12.0 Å². The quantitative estimate of drug-likeness (QED) is 0.779. The number of nitrogens with zero attached hydrogens (tertiary/aromatic N) is 1. The van der Waals surface area contributed by atoms with E-state index >= 15 is 0 Å². The van der Waals surface area contributed by atoms with Crippen molar-refractivity contribution in [2.45, 2.75) is 12.2 Å². The van der Waals surface area contributed by atoms with Crippen molar-refractivity contribution in [1.29, 1.82) is 0 Å². The molecular formula is C14H21ClN2O3S. The maximum atomic E-state index is 12.0. The first-order valence-electron chi connectivity index (χ1n) is 6.65. The van der Waals surface area contributed by atoms with Gasteiger partial charge in [-0.1, -0.05) is 23.7 Å². The van der Waals surface area contributed by atoms with Crippen molar-refractivity contribution >= 4 is 27.3 Å². The molecule has 0 aromatic heterocycles. The number of likely N-dealkylation sites (N-methyl/N-ethyl adjacent to an activating group) is 1. The zero-order chi connectivity index (χ0) is 15.9. The van der Waals surface area contributed by atoms with Gasteiger partial charge in [0.05, 0.1) is 11.5 Å². The smallest absolute Gasteiger partial charge is 0.221 e. The van der Waals surface area contributed by atoms with E-state index in [1.54, 1.807) is 24.3 Å². The fourth-order valence-corrected chi connectivity index (χ4v) is 3.25. The molecule has 21 heavy (non-hydrogen) atoms. The van der Waals surface area contributed by atoms with E-state index in [1.165, 1.54) is 0 Å². The number of hydrogen-bond acceptors (Lipinski definition) is 4. The van der Waals surface area contributed by atoms with Crippen LogP contribution in [0, 0.1) is 0 Å². The summed E-state index contributed by atoms with van der Waals surface area (Å²) in [5, 5.41) is 3.20. The summed E-state index contributed by atoms with van der Waals surface area (Å²) in [5.41, 5.74) is 0.635. The summed E-state index contributed by atoms with van der Waals surface area (Å²) in [6.45, 7) is 1.24. The Morgan fingerprint density at radius 1 is 1.33 bits per heavy atom. The number of carbonyl (C=O) groups is 1. The van der Waals surface area contributed by atoms with E-state index in [0.29, 0.717) is 17.1 Å². The first kappa shape index (κ1) is 17.9. The Morgan fingerprint density at radius 3 is 2.67 bits per heavy atom. The topological polar surface area (TPSA) is 66.5 Å². The Balaban J connectivity index is 2.41. The van der Waals surface area contributed by atoms with Gasteiger partial charge >= 0.3 is 0 Å². The molecule has 118 valence electrons. The number of amides is 1. The third kappa shape index (κ3) is 8.04. The van der Waals surface area contributed by atoms with Crippen LogP contribution in [0.15, 0.2) is 24.3 Å². The molecule has 5 nitrogen and oxygen atoms in total. The van der Waals surface area contributed by atoms with Crippen LogP contribution in [0.5, 0.6) is 0 Å². The molecule has 1 rings (SSSR count). The Morgan fingerprint density at radius 2 is 2.05 bits per heavy atom. The molecule has 0 aliphatic carbocycles. The summed E-state index contributed by atoms with van der Waals surface area (Å²) in [4.78, 5) is 13.5. The van der Waals surface area contributed by atoms with Gasteiger partial charge < -0.3 is 10.2 Å². The van der Waals surface area contributed by atoms with E-state index in [4.69, 9.17) is 11.6 Å². The zero-order valence-corrected chi connectivity index (χ0v) is 13.9. The van der Waals surface area contributed by atoms with Gasteiger partial charge in [0.1, 0.15) is 0 Å². The molecule has 0 aliphatic heterocycles. The number of halogens is 1. The highest BCUT2D eigenvalue weighted by molar-refractivity contribution is 7.90. The van der Waals surface area contributed by atoms with Crippen molar-refractivity contribution in [1.82, 2.24) is 10.2 Å². The zero-order valence-electron chi connectivity index (χ0n) is 12.3. The lowest BCUT2D eigenvalue weighted by molar-refractivity contribution is -0.120. The van der Waals surface area contributed by atoms with Gasteiger partial charge in [0.2, 0.25) is 5.91 Å². The highest BCUT2D eigenvalue weighted by atomic mass is 35.5. The average molecular weight is 333 g/mol. The maximum absolute atomic E-state index is 12.0. The van der Waals surface area contributed by atoms with Crippen LogP contribution in [0.2, 0.25) is 5.02 Å². The second kappa shape index (κ2) is 8.36. The number of carbonyl (C=O) groups excluding carboxylic acids is 1. The Bertz CT molecular complexity index is 573. The Kier molecular flexibility index (Phi) is 7.14. The van der Waals surface area contributed by atoms with Gasteiger partial charge in [-0.3, -0.25) is 4.79 Å². The van der Waals surface area contributed by atoms with Gasteiger partial charge in [-0.15, -0.1) is 0 Å². The van der Waals surface area contributed by atoms with Crippen LogP contribution in [-0.2, 0) is 20.4 Å². The normalized spacial score (nSPS) is 11.6. The lowest BCUT2D eigenvalue weighted by Crippen LogP contribution is -2.32. The molecule has 0 aliphatic rings. The van der Waals surface area contributed by atoms with Gasteiger partial charge in [-0.2, -0.15) is 0 Å². The maximum Gasteiger partial charge on any atom is 0.221 e. The van der Waals surface area contributed by atoms with Crippen LogP contribution in [0.25, 0.3) is 0 Å². The summed E-state index contributed by atoms with van der Waals surface area (Å²) < 4.78 is 23.9. The van der Waals surface area contributed by atoms with Gasteiger partial charge in [0, 0.05) is 24.5 Å². The van der Waals surface area contributed by atoms with Gasteiger partial charge in [0.15, 0.2) is 9.84 Å². The molecule has 1 N–H and O–H groups in total. The lowest BCUT2D eigenvalue weighted by Gasteiger charge is -2.10. The monoisotopic (exact) mass is 332 g/mol. The molecule has 0 atom stereocenters. The molecule has 7 heteroatoms. The number of rotatable bonds is 8. The molecule has 0 unspecified atom stereocenters. The van der Waals surface area contributed by atoms with Crippen LogP contribution >= 0.6 is 11.6 Å². The van der Waals surface area contributed by atoms with E-state index in [2.05, 4.69) is 5.32 Å². The van der Waals surface area contributed by atoms with Crippen LogP contribution in [0.4, 0.5) is 0 Å². The number of hydrogen-bond donors (Lipinski definition) is 1. The first-order chi connectivity index (χ1) is 9.78. The highest BCUT2D eigenvalue weighted by Gasteiger charge is 2.14. The van der Waals surface area contributed by atoms with Gasteiger partial charge in [-0.05, 0) is 31.8 Å². The molecule has 1 aromatic rings. The molecule has 0 spiro atoms. The molecule has 0 heterocycles. The lowest BCUT2D eigenvalue weighted by atomic mass is 10.2. The third-order valence-corrected chi connectivity index (χ3v) is 4.63. The van der Waals surface area contributed by atoms with Crippen LogP contribution in [-0.4, -0.2) is 52.2 Å². The molecule has 0 saturated carbocycles.